The van der Waals surface area contributed by atoms with Gasteiger partial charge >= 0.3 is 0 Å². The molecule has 1 aliphatic carbocycles. The first-order valence-electron chi connectivity index (χ1n) is 7.29. The van der Waals surface area contributed by atoms with Crippen LogP contribution in [0.15, 0.2) is 12.7 Å². The van der Waals surface area contributed by atoms with Crippen molar-refractivity contribution in [1.82, 2.24) is 5.32 Å². The zero-order valence-corrected chi connectivity index (χ0v) is 12.3. The van der Waals surface area contributed by atoms with E-state index in [0.29, 0.717) is 11.5 Å². The fraction of sp³-hybridized carbons (Fsp3) is 0.875. The third kappa shape index (κ3) is 5.25. The number of allylic oxidation sites excluding steroid dienone is 1. The Morgan fingerprint density at radius 2 is 2.06 bits per heavy atom. The van der Waals surface area contributed by atoms with Gasteiger partial charge in [0.25, 0.3) is 0 Å². The number of nitrogens with one attached hydrogen (secondary N) is 1. The lowest BCUT2D eigenvalue weighted by atomic mass is 9.66. The Bertz CT molecular complexity index is 228. The van der Waals surface area contributed by atoms with Gasteiger partial charge in [-0.05, 0) is 55.9 Å². The lowest BCUT2D eigenvalue weighted by Gasteiger charge is -2.41. The van der Waals surface area contributed by atoms with Crippen molar-refractivity contribution in [2.45, 2.75) is 65.8 Å². The van der Waals surface area contributed by atoms with Crippen LogP contribution in [-0.4, -0.2) is 12.6 Å². The van der Waals surface area contributed by atoms with Crippen molar-refractivity contribution in [3.63, 3.8) is 0 Å². The monoisotopic (exact) mass is 237 g/mol. The summed E-state index contributed by atoms with van der Waals surface area (Å²) >= 11 is 0. The van der Waals surface area contributed by atoms with Crippen LogP contribution in [0.25, 0.3) is 0 Å². The summed E-state index contributed by atoms with van der Waals surface area (Å²) in [5, 5.41) is 3.62. The molecule has 1 saturated carbocycles. The standard InChI is InChI=1S/C16H31N/c1-6-7-8-14-11-16(4,5)10-9-15(14)12-17-13(2)3/h6,13-15,17H,1,7-12H2,2-5H3. The fourth-order valence-corrected chi connectivity index (χ4v) is 3.12. The van der Waals surface area contributed by atoms with Crippen LogP contribution >= 0.6 is 0 Å². The first-order chi connectivity index (χ1) is 7.94. The summed E-state index contributed by atoms with van der Waals surface area (Å²) < 4.78 is 0. The van der Waals surface area contributed by atoms with Crippen molar-refractivity contribution < 1.29 is 0 Å². The molecule has 0 aromatic carbocycles. The molecular weight excluding hydrogens is 206 g/mol. The maximum atomic E-state index is 3.87. The molecule has 1 N–H and O–H groups in total. The molecule has 0 aromatic heterocycles. The molecule has 0 radical (unpaired) electrons. The van der Waals surface area contributed by atoms with Crippen molar-refractivity contribution in [3.05, 3.63) is 12.7 Å². The van der Waals surface area contributed by atoms with Gasteiger partial charge in [-0.1, -0.05) is 33.8 Å². The summed E-state index contributed by atoms with van der Waals surface area (Å²) in [5.74, 6) is 1.77. The molecule has 0 saturated heterocycles. The van der Waals surface area contributed by atoms with Gasteiger partial charge in [-0.3, -0.25) is 0 Å². The minimum atomic E-state index is 0.556. The van der Waals surface area contributed by atoms with E-state index in [0.717, 1.165) is 11.8 Å². The molecule has 2 atom stereocenters. The molecule has 0 heterocycles. The Kier molecular flexibility index (Phi) is 5.72. The largest absolute Gasteiger partial charge is 0.314 e. The zero-order valence-electron chi connectivity index (χ0n) is 12.3. The minimum Gasteiger partial charge on any atom is -0.314 e. The van der Waals surface area contributed by atoms with Crippen LogP contribution in [0, 0.1) is 17.3 Å². The van der Waals surface area contributed by atoms with Crippen molar-refractivity contribution in [2.75, 3.05) is 6.54 Å². The Hall–Kier alpha value is -0.300. The number of rotatable bonds is 6. The van der Waals surface area contributed by atoms with Gasteiger partial charge in [0.15, 0.2) is 0 Å². The van der Waals surface area contributed by atoms with Crippen LogP contribution in [0.4, 0.5) is 0 Å². The third-order valence-corrected chi connectivity index (χ3v) is 4.20. The van der Waals surface area contributed by atoms with Crippen LogP contribution in [0.2, 0.25) is 0 Å². The fourth-order valence-electron chi connectivity index (χ4n) is 3.12. The quantitative estimate of drug-likeness (QED) is 0.675. The molecule has 1 nitrogen and oxygen atoms in total. The normalized spacial score (nSPS) is 28.3. The molecule has 0 bridgehead atoms. The predicted octanol–water partition coefficient (Wildman–Crippen LogP) is 4.39. The van der Waals surface area contributed by atoms with E-state index in [2.05, 4.69) is 45.7 Å². The predicted molar refractivity (Wildman–Crippen MR) is 77.2 cm³/mol. The second-order valence-corrected chi connectivity index (χ2v) is 6.86. The Labute approximate surface area is 108 Å². The van der Waals surface area contributed by atoms with Crippen molar-refractivity contribution in [2.24, 2.45) is 17.3 Å². The average Bonchev–Trinajstić information content (AvgIpc) is 2.24. The molecule has 17 heavy (non-hydrogen) atoms. The van der Waals surface area contributed by atoms with Gasteiger partial charge in [0.05, 0.1) is 0 Å². The molecule has 0 aromatic rings. The van der Waals surface area contributed by atoms with Gasteiger partial charge in [0.1, 0.15) is 0 Å². The molecule has 1 fully saturated rings. The minimum absolute atomic E-state index is 0.556. The Balaban J connectivity index is 2.50. The van der Waals surface area contributed by atoms with Crippen molar-refractivity contribution in [3.8, 4) is 0 Å². The number of hydrogen-bond donors (Lipinski definition) is 1. The summed E-state index contributed by atoms with van der Waals surface area (Å²) in [6, 6.07) is 0.616. The first-order valence-corrected chi connectivity index (χ1v) is 7.29. The Morgan fingerprint density at radius 3 is 2.65 bits per heavy atom. The maximum Gasteiger partial charge on any atom is 0.00104 e. The van der Waals surface area contributed by atoms with E-state index >= 15 is 0 Å². The summed E-state index contributed by atoms with van der Waals surface area (Å²) in [5.41, 5.74) is 0.556. The molecule has 1 aliphatic rings. The lowest BCUT2D eigenvalue weighted by Crippen LogP contribution is -2.38. The summed E-state index contributed by atoms with van der Waals surface area (Å²) in [7, 11) is 0. The molecule has 0 aliphatic heterocycles. The van der Waals surface area contributed by atoms with Crippen molar-refractivity contribution >= 4 is 0 Å². The second-order valence-electron chi connectivity index (χ2n) is 6.86. The van der Waals surface area contributed by atoms with Gasteiger partial charge in [-0.25, -0.2) is 0 Å². The number of hydrogen-bond acceptors (Lipinski definition) is 1. The van der Waals surface area contributed by atoms with E-state index < -0.39 is 0 Å². The van der Waals surface area contributed by atoms with Crippen LogP contribution in [0.5, 0.6) is 0 Å². The van der Waals surface area contributed by atoms with Gasteiger partial charge in [0.2, 0.25) is 0 Å². The summed E-state index contributed by atoms with van der Waals surface area (Å²) in [6.45, 7) is 14.4. The van der Waals surface area contributed by atoms with E-state index in [4.69, 9.17) is 0 Å². The van der Waals surface area contributed by atoms with Gasteiger partial charge in [-0.2, -0.15) is 0 Å². The maximum absolute atomic E-state index is 3.87. The van der Waals surface area contributed by atoms with Crippen LogP contribution < -0.4 is 5.32 Å². The summed E-state index contributed by atoms with van der Waals surface area (Å²) in [6.07, 6.45) is 8.77. The zero-order chi connectivity index (χ0) is 12.9. The van der Waals surface area contributed by atoms with Crippen LogP contribution in [0.3, 0.4) is 0 Å². The molecule has 0 amide bonds. The molecule has 100 valence electrons. The molecule has 1 heteroatoms. The van der Waals surface area contributed by atoms with Crippen LogP contribution in [0.1, 0.15) is 59.8 Å². The van der Waals surface area contributed by atoms with E-state index in [9.17, 15) is 0 Å². The van der Waals surface area contributed by atoms with Crippen molar-refractivity contribution in [1.29, 1.82) is 0 Å². The van der Waals surface area contributed by atoms with Gasteiger partial charge in [0, 0.05) is 6.04 Å². The lowest BCUT2D eigenvalue weighted by molar-refractivity contribution is 0.109. The third-order valence-electron chi connectivity index (χ3n) is 4.20. The molecular formula is C16H31N. The highest BCUT2D eigenvalue weighted by atomic mass is 14.9. The van der Waals surface area contributed by atoms with Gasteiger partial charge in [-0.15, -0.1) is 6.58 Å². The summed E-state index contributed by atoms with van der Waals surface area (Å²) in [4.78, 5) is 0. The first kappa shape index (κ1) is 14.8. The van der Waals surface area contributed by atoms with E-state index in [1.54, 1.807) is 0 Å². The second kappa shape index (κ2) is 6.58. The molecule has 1 rings (SSSR count). The SMILES string of the molecule is C=CCCC1CC(C)(C)CCC1CNC(C)C. The van der Waals surface area contributed by atoms with E-state index in [1.807, 2.05) is 0 Å². The highest BCUT2D eigenvalue weighted by Crippen LogP contribution is 2.43. The molecule has 0 spiro atoms. The van der Waals surface area contributed by atoms with Crippen LogP contribution in [-0.2, 0) is 0 Å². The smallest absolute Gasteiger partial charge is 0.00104 e. The highest BCUT2D eigenvalue weighted by Gasteiger charge is 2.33. The highest BCUT2D eigenvalue weighted by molar-refractivity contribution is 4.87. The Morgan fingerprint density at radius 1 is 1.35 bits per heavy atom. The van der Waals surface area contributed by atoms with Gasteiger partial charge < -0.3 is 5.32 Å². The average molecular weight is 237 g/mol. The molecule has 2 unspecified atom stereocenters. The van der Waals surface area contributed by atoms with E-state index in [1.165, 1.54) is 38.6 Å². The van der Waals surface area contributed by atoms with E-state index in [-0.39, 0.29) is 0 Å². The topological polar surface area (TPSA) is 12.0 Å².